The van der Waals surface area contributed by atoms with Crippen molar-refractivity contribution in [3.05, 3.63) is 0 Å². The van der Waals surface area contributed by atoms with Gasteiger partial charge < -0.3 is 0 Å². The van der Waals surface area contributed by atoms with Gasteiger partial charge in [0.05, 0.1) is 23.5 Å². The Morgan fingerprint density at radius 3 is 1.23 bits per heavy atom. The van der Waals surface area contributed by atoms with Gasteiger partial charge in [-0.3, -0.25) is 0 Å². The molecule has 0 saturated heterocycles. The molecule has 0 aromatic heterocycles. The maximum Gasteiger partial charge on any atom is 0.0746 e. The third-order valence-electron chi connectivity index (χ3n) is 4.20. The average molecular weight is 166 g/mol. The fourth-order valence-corrected chi connectivity index (χ4v) is 4.67. The van der Waals surface area contributed by atoms with Gasteiger partial charge in [0, 0.05) is 0 Å². The summed E-state index contributed by atoms with van der Waals surface area (Å²) in [7, 11) is 19.0. The molecule has 6 radical (unpaired) electrons. The smallest absolute Gasteiger partial charge is 0.0662 e. The van der Waals surface area contributed by atoms with Crippen molar-refractivity contribution in [1.82, 2.24) is 0 Å². The molecule has 0 aliphatic heterocycles. The van der Waals surface area contributed by atoms with Gasteiger partial charge in [-0.15, -0.1) is 0 Å². The fraction of sp³-hybridized carbons (Fsp3) is 1.00. The fourth-order valence-electron chi connectivity index (χ4n) is 4.67. The quantitative estimate of drug-likeness (QED) is 0.482. The van der Waals surface area contributed by atoms with E-state index >= 15 is 0 Å². The molecule has 4 saturated carbocycles. The third kappa shape index (κ3) is 1.15. The Bertz CT molecular complexity index is 212. The molecule has 0 heterocycles. The molecule has 0 atom stereocenters. The highest BCUT2D eigenvalue weighted by atomic mass is 14.6. The second-order valence-corrected chi connectivity index (χ2v) is 6.10. The summed E-state index contributed by atoms with van der Waals surface area (Å²) in [6.45, 7) is 0. The molecule has 0 aromatic rings. The predicted octanol–water partition coefficient (Wildman–Crippen LogP) is 1.97. The van der Waals surface area contributed by atoms with E-state index in [4.69, 9.17) is 23.5 Å². The van der Waals surface area contributed by atoms with Gasteiger partial charge in [-0.25, -0.2) is 0 Å². The van der Waals surface area contributed by atoms with Crippen LogP contribution in [0.15, 0.2) is 0 Å². The summed E-state index contributed by atoms with van der Waals surface area (Å²) in [5.74, 6) is 0.705. The van der Waals surface area contributed by atoms with Crippen molar-refractivity contribution in [2.24, 2.45) is 5.92 Å². The van der Waals surface area contributed by atoms with E-state index in [2.05, 4.69) is 0 Å². The molecule has 0 unspecified atom stereocenters. The minimum absolute atomic E-state index is 0.0249. The lowest BCUT2D eigenvalue weighted by Gasteiger charge is -2.66. The van der Waals surface area contributed by atoms with Crippen LogP contribution in [0.5, 0.6) is 0 Å². The highest BCUT2D eigenvalue weighted by molar-refractivity contribution is 6.23. The first-order chi connectivity index (χ1) is 5.91. The summed E-state index contributed by atoms with van der Waals surface area (Å²) in [5, 5.41) is -0.0747. The molecular weight excluding hydrogens is 153 g/mol. The Kier molecular flexibility index (Phi) is 1.35. The zero-order valence-corrected chi connectivity index (χ0v) is 8.05. The van der Waals surface area contributed by atoms with E-state index in [0.717, 1.165) is 38.5 Å². The first-order valence-corrected chi connectivity index (χ1v) is 5.27. The van der Waals surface area contributed by atoms with E-state index in [9.17, 15) is 0 Å². The summed E-state index contributed by atoms with van der Waals surface area (Å²) < 4.78 is 0. The highest BCUT2D eigenvalue weighted by Crippen LogP contribution is 2.75. The highest BCUT2D eigenvalue weighted by Gasteiger charge is 2.56. The van der Waals surface area contributed by atoms with Crippen molar-refractivity contribution in [3.63, 3.8) is 0 Å². The molecule has 4 bridgehead atoms. The first-order valence-electron chi connectivity index (χ1n) is 5.27. The lowest BCUT2D eigenvalue weighted by atomic mass is 9.28. The maximum absolute atomic E-state index is 6.33. The summed E-state index contributed by atoms with van der Waals surface area (Å²) in [6.07, 6.45) is 6.46. The van der Waals surface area contributed by atoms with Crippen LogP contribution in [0.2, 0.25) is 15.9 Å². The van der Waals surface area contributed by atoms with Gasteiger partial charge >= 0.3 is 0 Å². The summed E-state index contributed by atoms with van der Waals surface area (Å²) >= 11 is 0. The van der Waals surface area contributed by atoms with Crippen molar-refractivity contribution in [2.75, 3.05) is 0 Å². The van der Waals surface area contributed by atoms with Crippen LogP contribution in [0.1, 0.15) is 38.5 Å². The zero-order valence-electron chi connectivity index (χ0n) is 8.05. The van der Waals surface area contributed by atoms with Crippen molar-refractivity contribution in [1.29, 1.82) is 0 Å². The summed E-state index contributed by atoms with van der Waals surface area (Å²) in [6, 6.07) is 0. The molecule has 13 heavy (non-hydrogen) atoms. The van der Waals surface area contributed by atoms with E-state index < -0.39 is 0 Å². The Labute approximate surface area is 84.5 Å². The van der Waals surface area contributed by atoms with E-state index in [1.807, 2.05) is 0 Å². The van der Waals surface area contributed by atoms with Crippen molar-refractivity contribution >= 4 is 23.5 Å². The minimum atomic E-state index is -0.0249. The Balaban J connectivity index is 2.03. The van der Waals surface area contributed by atoms with Crippen LogP contribution < -0.4 is 0 Å². The standard InChI is InChI=1S/C10H13B3/c11-8-1-7-2-9(12,4-8)6-10(13,3-7)5-8/h7H,1-6H2. The molecule has 3 heteroatoms. The largest absolute Gasteiger partial charge is 0.0746 e. The number of rotatable bonds is 0. The Morgan fingerprint density at radius 2 is 1.00 bits per heavy atom. The Hall–Kier alpha value is 0.195. The van der Waals surface area contributed by atoms with E-state index in [0.29, 0.717) is 5.92 Å². The van der Waals surface area contributed by atoms with Crippen LogP contribution in [-0.4, -0.2) is 23.5 Å². The van der Waals surface area contributed by atoms with E-state index in [1.54, 1.807) is 0 Å². The molecule has 62 valence electrons. The van der Waals surface area contributed by atoms with Crippen molar-refractivity contribution in [3.8, 4) is 0 Å². The van der Waals surface area contributed by atoms with Gasteiger partial charge in [0.25, 0.3) is 0 Å². The molecule has 4 aliphatic rings. The van der Waals surface area contributed by atoms with Gasteiger partial charge in [-0.2, -0.15) is 0 Å². The summed E-state index contributed by atoms with van der Waals surface area (Å²) in [5.41, 5.74) is 0. The summed E-state index contributed by atoms with van der Waals surface area (Å²) in [4.78, 5) is 0. The van der Waals surface area contributed by atoms with Crippen LogP contribution in [0.25, 0.3) is 0 Å². The van der Waals surface area contributed by atoms with Gasteiger partial charge in [-0.05, 0) is 5.92 Å². The molecule has 4 rings (SSSR count). The van der Waals surface area contributed by atoms with Gasteiger partial charge in [0.2, 0.25) is 0 Å². The van der Waals surface area contributed by atoms with Crippen LogP contribution in [0, 0.1) is 5.92 Å². The average Bonchev–Trinajstić information content (AvgIpc) is 1.71. The second kappa shape index (κ2) is 2.07. The van der Waals surface area contributed by atoms with Gasteiger partial charge in [-0.1, -0.05) is 54.5 Å². The molecule has 4 fully saturated rings. The minimum Gasteiger partial charge on any atom is -0.0662 e. The third-order valence-corrected chi connectivity index (χ3v) is 4.20. The van der Waals surface area contributed by atoms with Crippen molar-refractivity contribution < 1.29 is 0 Å². The first kappa shape index (κ1) is 8.50. The van der Waals surface area contributed by atoms with Crippen LogP contribution in [0.3, 0.4) is 0 Å². The van der Waals surface area contributed by atoms with Crippen molar-refractivity contribution in [2.45, 2.75) is 54.5 Å². The molecule has 4 aliphatic carbocycles. The normalized spacial score (nSPS) is 64.2. The predicted molar refractivity (Wildman–Crippen MR) is 56.5 cm³/mol. The molecule has 0 aromatic carbocycles. The lowest BCUT2D eigenvalue weighted by Crippen LogP contribution is -2.48. The number of hydrogen-bond donors (Lipinski definition) is 0. The molecule has 0 amide bonds. The molecular formula is C10H13B3. The zero-order chi connectivity index (χ0) is 9.32. The van der Waals surface area contributed by atoms with Gasteiger partial charge in [0.15, 0.2) is 0 Å². The second-order valence-electron chi connectivity index (χ2n) is 6.10. The Morgan fingerprint density at radius 1 is 0.692 bits per heavy atom. The molecule has 0 spiro atoms. The lowest BCUT2D eigenvalue weighted by molar-refractivity contribution is 0.0516. The molecule has 0 N–H and O–H groups in total. The van der Waals surface area contributed by atoms with Crippen LogP contribution >= 0.6 is 0 Å². The van der Waals surface area contributed by atoms with Gasteiger partial charge in [0.1, 0.15) is 0 Å². The van der Waals surface area contributed by atoms with Crippen LogP contribution in [-0.2, 0) is 0 Å². The number of hydrogen-bond acceptors (Lipinski definition) is 0. The van der Waals surface area contributed by atoms with Crippen LogP contribution in [0.4, 0.5) is 0 Å². The van der Waals surface area contributed by atoms with E-state index in [-0.39, 0.29) is 15.9 Å². The van der Waals surface area contributed by atoms with E-state index in [1.165, 1.54) is 0 Å². The topological polar surface area (TPSA) is 0 Å². The maximum atomic E-state index is 6.33. The molecule has 0 nitrogen and oxygen atoms in total. The SMILES string of the molecule is [B]C12CC3CC([B])(C1)CC([B])(C3)C2. The monoisotopic (exact) mass is 166 g/mol.